The number of halogens is 2. The fourth-order valence-corrected chi connectivity index (χ4v) is 3.26. The van der Waals surface area contributed by atoms with Crippen molar-refractivity contribution in [1.29, 1.82) is 0 Å². The number of nitrogens with one attached hydrogen (secondary N) is 1. The van der Waals surface area contributed by atoms with Gasteiger partial charge >= 0.3 is 0 Å². The van der Waals surface area contributed by atoms with Crippen molar-refractivity contribution in [2.45, 2.75) is 37.3 Å². The number of rotatable bonds is 7. The number of hydrogen-bond acceptors (Lipinski definition) is 5. The molecule has 0 saturated carbocycles. The SMILES string of the molecule is CC(C)NCCn1nnnc1SCc1ccc(F)cc1Br. The molecular formula is C13H17BrFN5S. The molecule has 2 aromatic rings. The predicted octanol–water partition coefficient (Wildman–Crippen LogP) is 2.87. The molecule has 5 nitrogen and oxygen atoms in total. The topological polar surface area (TPSA) is 55.6 Å². The second-order valence-corrected chi connectivity index (χ2v) is 6.61. The number of thioether (sulfide) groups is 1. The van der Waals surface area contributed by atoms with Crippen LogP contribution in [0.15, 0.2) is 27.8 Å². The van der Waals surface area contributed by atoms with Gasteiger partial charge in [0.25, 0.3) is 0 Å². The molecule has 0 radical (unpaired) electrons. The van der Waals surface area contributed by atoms with E-state index in [0.717, 1.165) is 28.3 Å². The van der Waals surface area contributed by atoms with Crippen LogP contribution >= 0.6 is 27.7 Å². The molecule has 0 spiro atoms. The van der Waals surface area contributed by atoms with E-state index in [1.165, 1.54) is 23.9 Å². The van der Waals surface area contributed by atoms with Gasteiger partial charge in [-0.3, -0.25) is 0 Å². The molecule has 1 aromatic heterocycles. The van der Waals surface area contributed by atoms with Crippen molar-refractivity contribution in [3.8, 4) is 0 Å². The normalized spacial score (nSPS) is 11.3. The van der Waals surface area contributed by atoms with Crippen LogP contribution in [0.3, 0.4) is 0 Å². The second kappa shape index (κ2) is 7.86. The number of nitrogens with zero attached hydrogens (tertiary/aromatic N) is 4. The van der Waals surface area contributed by atoms with Gasteiger partial charge in [0.05, 0.1) is 6.54 Å². The highest BCUT2D eigenvalue weighted by atomic mass is 79.9. The van der Waals surface area contributed by atoms with Gasteiger partial charge in [-0.15, -0.1) is 5.10 Å². The Bertz CT molecular complexity index is 590. The number of benzene rings is 1. The van der Waals surface area contributed by atoms with E-state index in [1.54, 1.807) is 10.7 Å². The number of aromatic nitrogens is 4. The van der Waals surface area contributed by atoms with Gasteiger partial charge in [0.15, 0.2) is 0 Å². The molecule has 1 aromatic carbocycles. The summed E-state index contributed by atoms with van der Waals surface area (Å²) in [7, 11) is 0. The fourth-order valence-electron chi connectivity index (χ4n) is 1.68. The summed E-state index contributed by atoms with van der Waals surface area (Å²) < 4.78 is 15.6. The van der Waals surface area contributed by atoms with E-state index in [1.807, 2.05) is 0 Å². The van der Waals surface area contributed by atoms with E-state index in [4.69, 9.17) is 0 Å². The predicted molar refractivity (Wildman–Crippen MR) is 84.6 cm³/mol. The zero-order valence-corrected chi connectivity index (χ0v) is 14.3. The zero-order chi connectivity index (χ0) is 15.2. The first-order valence-corrected chi connectivity index (χ1v) is 8.40. The van der Waals surface area contributed by atoms with Crippen LogP contribution in [0.1, 0.15) is 19.4 Å². The highest BCUT2D eigenvalue weighted by Gasteiger charge is 2.09. The van der Waals surface area contributed by atoms with Crippen molar-refractivity contribution >= 4 is 27.7 Å². The first-order valence-electron chi connectivity index (χ1n) is 6.62. The molecule has 0 unspecified atom stereocenters. The summed E-state index contributed by atoms with van der Waals surface area (Å²) in [5, 5.41) is 15.8. The fraction of sp³-hybridized carbons (Fsp3) is 0.462. The lowest BCUT2D eigenvalue weighted by Crippen LogP contribution is -2.27. The molecule has 2 rings (SSSR count). The van der Waals surface area contributed by atoms with Crippen LogP contribution in [0.2, 0.25) is 0 Å². The standard InChI is InChI=1S/C13H17BrFN5S/c1-9(2)16-5-6-20-13(17-18-19-20)21-8-10-3-4-11(15)7-12(10)14/h3-4,7,9,16H,5-6,8H2,1-2H3. The van der Waals surface area contributed by atoms with E-state index in [9.17, 15) is 4.39 Å². The van der Waals surface area contributed by atoms with Gasteiger partial charge in [-0.2, -0.15) is 0 Å². The van der Waals surface area contributed by atoms with E-state index in [2.05, 4.69) is 50.6 Å². The lowest BCUT2D eigenvalue weighted by Gasteiger charge is -2.09. The molecule has 1 heterocycles. The smallest absolute Gasteiger partial charge is 0.209 e. The van der Waals surface area contributed by atoms with E-state index in [0.29, 0.717) is 11.8 Å². The molecule has 0 aliphatic rings. The number of tetrazole rings is 1. The lowest BCUT2D eigenvalue weighted by molar-refractivity contribution is 0.485. The Labute approximate surface area is 135 Å². The lowest BCUT2D eigenvalue weighted by atomic mass is 10.2. The number of hydrogen-bond donors (Lipinski definition) is 1. The Balaban J connectivity index is 1.92. The van der Waals surface area contributed by atoms with Crippen LogP contribution in [-0.2, 0) is 12.3 Å². The molecule has 21 heavy (non-hydrogen) atoms. The largest absolute Gasteiger partial charge is 0.313 e. The molecule has 0 fully saturated rings. The van der Waals surface area contributed by atoms with Gasteiger partial charge in [-0.05, 0) is 28.1 Å². The van der Waals surface area contributed by atoms with Crippen molar-refractivity contribution in [3.05, 3.63) is 34.1 Å². The van der Waals surface area contributed by atoms with Gasteiger partial charge in [0.2, 0.25) is 5.16 Å². The van der Waals surface area contributed by atoms with Gasteiger partial charge < -0.3 is 5.32 Å². The summed E-state index contributed by atoms with van der Waals surface area (Å²) in [5.41, 5.74) is 1.01. The van der Waals surface area contributed by atoms with Crippen LogP contribution in [0, 0.1) is 5.82 Å². The third-order valence-corrected chi connectivity index (χ3v) is 4.49. The molecular weight excluding hydrogens is 357 g/mol. The Morgan fingerprint density at radius 1 is 1.43 bits per heavy atom. The highest BCUT2D eigenvalue weighted by Crippen LogP contribution is 2.25. The van der Waals surface area contributed by atoms with Gasteiger partial charge in [-0.1, -0.05) is 47.6 Å². The maximum Gasteiger partial charge on any atom is 0.209 e. The molecule has 0 aliphatic carbocycles. The third-order valence-electron chi connectivity index (χ3n) is 2.75. The van der Waals surface area contributed by atoms with Crippen LogP contribution in [0.5, 0.6) is 0 Å². The summed E-state index contributed by atoms with van der Waals surface area (Å²) in [6.07, 6.45) is 0. The van der Waals surface area contributed by atoms with Crippen molar-refractivity contribution < 1.29 is 4.39 Å². The first kappa shape index (κ1) is 16.4. The highest BCUT2D eigenvalue weighted by molar-refractivity contribution is 9.10. The second-order valence-electron chi connectivity index (χ2n) is 4.82. The van der Waals surface area contributed by atoms with Crippen molar-refractivity contribution in [2.75, 3.05) is 6.54 Å². The Hall–Kier alpha value is -0.990. The molecule has 1 N–H and O–H groups in total. The molecule has 0 atom stereocenters. The monoisotopic (exact) mass is 373 g/mol. The minimum absolute atomic E-state index is 0.250. The maximum absolute atomic E-state index is 13.0. The summed E-state index contributed by atoms with van der Waals surface area (Å²) in [5.74, 6) is 0.430. The van der Waals surface area contributed by atoms with Crippen molar-refractivity contribution in [2.24, 2.45) is 0 Å². The third kappa shape index (κ3) is 5.05. The summed E-state index contributed by atoms with van der Waals surface area (Å²) in [6.45, 7) is 5.73. The minimum Gasteiger partial charge on any atom is -0.313 e. The Kier molecular flexibility index (Phi) is 6.13. The molecule has 114 valence electrons. The molecule has 0 aliphatic heterocycles. The van der Waals surface area contributed by atoms with Crippen LogP contribution in [0.25, 0.3) is 0 Å². The van der Waals surface area contributed by atoms with Crippen molar-refractivity contribution in [1.82, 2.24) is 25.5 Å². The molecule has 8 heteroatoms. The Morgan fingerprint density at radius 2 is 2.24 bits per heavy atom. The zero-order valence-electron chi connectivity index (χ0n) is 11.9. The average Bonchev–Trinajstić information content (AvgIpc) is 2.85. The first-order chi connectivity index (χ1) is 10.1. The summed E-state index contributed by atoms with van der Waals surface area (Å²) in [6, 6.07) is 5.12. The van der Waals surface area contributed by atoms with Gasteiger partial charge in [0, 0.05) is 22.8 Å². The molecule has 0 saturated heterocycles. The minimum atomic E-state index is -0.250. The molecule has 0 bridgehead atoms. The average molecular weight is 374 g/mol. The maximum atomic E-state index is 13.0. The Morgan fingerprint density at radius 3 is 2.95 bits per heavy atom. The van der Waals surface area contributed by atoms with E-state index < -0.39 is 0 Å². The van der Waals surface area contributed by atoms with Crippen LogP contribution < -0.4 is 5.32 Å². The van der Waals surface area contributed by atoms with Crippen LogP contribution in [0.4, 0.5) is 4.39 Å². The van der Waals surface area contributed by atoms with E-state index in [-0.39, 0.29) is 5.82 Å². The summed E-state index contributed by atoms with van der Waals surface area (Å²) >= 11 is 4.90. The van der Waals surface area contributed by atoms with Gasteiger partial charge in [0.1, 0.15) is 5.82 Å². The molecule has 0 amide bonds. The summed E-state index contributed by atoms with van der Waals surface area (Å²) in [4.78, 5) is 0. The van der Waals surface area contributed by atoms with Gasteiger partial charge in [-0.25, -0.2) is 9.07 Å². The van der Waals surface area contributed by atoms with Crippen molar-refractivity contribution in [3.63, 3.8) is 0 Å². The quantitative estimate of drug-likeness (QED) is 0.756. The van der Waals surface area contributed by atoms with Crippen LogP contribution in [-0.4, -0.2) is 32.8 Å². The van der Waals surface area contributed by atoms with E-state index >= 15 is 0 Å².